The molecular weight excluding hydrogens is 464 g/mol. The summed E-state index contributed by atoms with van der Waals surface area (Å²) in [6.45, 7) is 9.42. The Morgan fingerprint density at radius 3 is 1.90 bits per heavy atom. The Morgan fingerprint density at radius 2 is 1.38 bits per heavy atom. The second-order valence-electron chi connectivity index (χ2n) is 8.08. The first-order valence-corrected chi connectivity index (χ1v) is 14.1. The summed E-state index contributed by atoms with van der Waals surface area (Å²) in [4.78, 5) is 4.94. The van der Waals surface area contributed by atoms with Crippen molar-refractivity contribution in [2.45, 2.75) is 33.7 Å². The predicted molar refractivity (Wildman–Crippen MR) is 125 cm³/mol. The molecular formula is C26H28NOSb. The first kappa shape index (κ1) is 20.2. The molecule has 0 amide bonds. The van der Waals surface area contributed by atoms with Crippen LogP contribution in [0.4, 0.5) is 0 Å². The van der Waals surface area contributed by atoms with Crippen LogP contribution < -0.4 is 10.5 Å². The molecule has 0 aliphatic carbocycles. The van der Waals surface area contributed by atoms with E-state index in [1.807, 2.05) is 0 Å². The summed E-state index contributed by atoms with van der Waals surface area (Å²) in [6, 6.07) is 27.3. The molecule has 0 N–H and O–H groups in total. The van der Waals surface area contributed by atoms with Gasteiger partial charge in [0.2, 0.25) is 0 Å². The quantitative estimate of drug-likeness (QED) is 0.499. The van der Waals surface area contributed by atoms with Crippen molar-refractivity contribution in [3.63, 3.8) is 0 Å². The molecule has 4 rings (SSSR count). The summed E-state index contributed by atoms with van der Waals surface area (Å²) < 4.78 is 10.4. The topological polar surface area (TPSA) is 21.6 Å². The van der Waals surface area contributed by atoms with Crippen LogP contribution in [0.1, 0.15) is 30.5 Å². The van der Waals surface area contributed by atoms with E-state index in [1.54, 1.807) is 0 Å². The minimum absolute atomic E-state index is 0.252. The molecule has 1 heterocycles. The SMILES string of the molecule is Cc1cc[c]([Sb]([c]2ccc(C)cc2)[c]2ccccc2C2=NC(C(C)C)CO2)cc1. The molecule has 0 saturated carbocycles. The van der Waals surface area contributed by atoms with Gasteiger partial charge in [-0.05, 0) is 0 Å². The molecule has 1 atom stereocenters. The second-order valence-corrected chi connectivity index (χ2v) is 14.3. The van der Waals surface area contributed by atoms with E-state index in [9.17, 15) is 0 Å². The third-order valence-electron chi connectivity index (χ3n) is 5.40. The van der Waals surface area contributed by atoms with Crippen LogP contribution in [0.2, 0.25) is 0 Å². The van der Waals surface area contributed by atoms with E-state index < -0.39 is 20.2 Å². The van der Waals surface area contributed by atoms with Gasteiger partial charge in [0.25, 0.3) is 0 Å². The van der Waals surface area contributed by atoms with Gasteiger partial charge in [-0.3, -0.25) is 0 Å². The molecule has 29 heavy (non-hydrogen) atoms. The van der Waals surface area contributed by atoms with E-state index >= 15 is 0 Å². The van der Waals surface area contributed by atoms with Gasteiger partial charge in [-0.15, -0.1) is 0 Å². The zero-order valence-corrected chi connectivity index (χ0v) is 20.1. The van der Waals surface area contributed by atoms with E-state index in [2.05, 4.69) is 100 Å². The Labute approximate surface area is 181 Å². The van der Waals surface area contributed by atoms with E-state index in [1.165, 1.54) is 27.2 Å². The van der Waals surface area contributed by atoms with Crippen LogP contribution in [-0.4, -0.2) is 38.8 Å². The van der Waals surface area contributed by atoms with Crippen molar-refractivity contribution in [2.24, 2.45) is 10.9 Å². The summed E-state index contributed by atoms with van der Waals surface area (Å²) in [5, 5.41) is 0. The Morgan fingerprint density at radius 1 is 0.828 bits per heavy atom. The van der Waals surface area contributed by atoms with Crippen LogP contribution in [0.3, 0.4) is 0 Å². The summed E-state index contributed by atoms with van der Waals surface area (Å²) in [6.07, 6.45) is 0. The Kier molecular flexibility index (Phi) is 6.11. The number of ether oxygens (including phenoxy) is 1. The van der Waals surface area contributed by atoms with Crippen LogP contribution >= 0.6 is 0 Å². The number of rotatable bonds is 5. The van der Waals surface area contributed by atoms with Crippen LogP contribution in [0.15, 0.2) is 77.8 Å². The van der Waals surface area contributed by atoms with Gasteiger partial charge in [0, 0.05) is 0 Å². The van der Waals surface area contributed by atoms with Crippen molar-refractivity contribution in [3.05, 3.63) is 89.5 Å². The van der Waals surface area contributed by atoms with Gasteiger partial charge in [0.1, 0.15) is 0 Å². The van der Waals surface area contributed by atoms with E-state index in [0.29, 0.717) is 12.5 Å². The fourth-order valence-corrected chi connectivity index (χ4v) is 10.4. The van der Waals surface area contributed by atoms with Crippen LogP contribution in [-0.2, 0) is 4.74 Å². The standard InChI is InChI=1S/C12H14NO.2C7H7.Sb/c1-9(2)11-8-14-12(13-11)10-6-4-3-5-7-10;2*1-7-5-3-2-4-6-7;/h3-6,9,11H,8H2,1-2H3;2*3-6H,1H3;. The van der Waals surface area contributed by atoms with E-state index in [4.69, 9.17) is 9.73 Å². The molecule has 0 bridgehead atoms. The first-order valence-electron chi connectivity index (χ1n) is 10.3. The van der Waals surface area contributed by atoms with Gasteiger partial charge in [-0.1, -0.05) is 0 Å². The third kappa shape index (κ3) is 4.43. The predicted octanol–water partition coefficient (Wildman–Crippen LogP) is 3.62. The maximum absolute atomic E-state index is 6.09. The van der Waals surface area contributed by atoms with Crippen molar-refractivity contribution < 1.29 is 4.74 Å². The molecule has 0 radical (unpaired) electrons. The molecule has 2 nitrogen and oxygen atoms in total. The van der Waals surface area contributed by atoms with Crippen molar-refractivity contribution in [1.29, 1.82) is 0 Å². The monoisotopic (exact) mass is 491 g/mol. The minimum atomic E-state index is -2.22. The van der Waals surface area contributed by atoms with Crippen LogP contribution in [0.25, 0.3) is 0 Å². The molecule has 0 saturated heterocycles. The Hall–Kier alpha value is -2.05. The zero-order chi connectivity index (χ0) is 20.4. The van der Waals surface area contributed by atoms with Crippen molar-refractivity contribution in [2.75, 3.05) is 6.61 Å². The summed E-state index contributed by atoms with van der Waals surface area (Å²) in [5.41, 5.74) is 3.78. The molecule has 0 spiro atoms. The number of hydrogen-bond donors (Lipinski definition) is 0. The average Bonchev–Trinajstić information content (AvgIpc) is 3.22. The maximum atomic E-state index is 6.09. The summed E-state index contributed by atoms with van der Waals surface area (Å²) in [5.74, 6) is 1.32. The molecule has 3 heteroatoms. The third-order valence-corrected chi connectivity index (χ3v) is 12.5. The van der Waals surface area contributed by atoms with Gasteiger partial charge in [-0.2, -0.15) is 0 Å². The molecule has 1 unspecified atom stereocenters. The molecule has 3 aromatic carbocycles. The number of nitrogens with zero attached hydrogens (tertiary/aromatic N) is 1. The average molecular weight is 492 g/mol. The van der Waals surface area contributed by atoms with E-state index in [0.717, 1.165) is 5.90 Å². The second kappa shape index (κ2) is 8.76. The van der Waals surface area contributed by atoms with Crippen molar-refractivity contribution in [1.82, 2.24) is 0 Å². The van der Waals surface area contributed by atoms with Gasteiger partial charge in [0.05, 0.1) is 0 Å². The summed E-state index contributed by atoms with van der Waals surface area (Å²) >= 11 is -2.22. The molecule has 1 aliphatic heterocycles. The van der Waals surface area contributed by atoms with Crippen molar-refractivity contribution in [3.8, 4) is 0 Å². The molecule has 0 aromatic heterocycles. The van der Waals surface area contributed by atoms with Crippen LogP contribution in [0.5, 0.6) is 0 Å². The van der Waals surface area contributed by atoms with Gasteiger partial charge in [-0.25, -0.2) is 0 Å². The molecule has 1 aliphatic rings. The fourth-order valence-electron chi connectivity index (χ4n) is 3.54. The molecule has 0 fully saturated rings. The van der Waals surface area contributed by atoms with Gasteiger partial charge in [0.15, 0.2) is 0 Å². The normalized spacial score (nSPS) is 16.2. The van der Waals surface area contributed by atoms with E-state index in [-0.39, 0.29) is 6.04 Å². The number of aliphatic imine (C=N–C) groups is 1. The number of hydrogen-bond acceptors (Lipinski definition) is 2. The summed E-state index contributed by atoms with van der Waals surface area (Å²) in [7, 11) is 0. The Bertz CT molecular complexity index is 960. The zero-order valence-electron chi connectivity index (χ0n) is 17.6. The van der Waals surface area contributed by atoms with Gasteiger partial charge < -0.3 is 0 Å². The molecule has 3 aromatic rings. The molecule has 148 valence electrons. The first-order chi connectivity index (χ1) is 14.0. The number of benzene rings is 3. The fraction of sp³-hybridized carbons (Fsp3) is 0.269. The van der Waals surface area contributed by atoms with Crippen LogP contribution in [0, 0.1) is 19.8 Å². The number of aryl methyl sites for hydroxylation is 2. The van der Waals surface area contributed by atoms with Gasteiger partial charge >= 0.3 is 182 Å². The van der Waals surface area contributed by atoms with Crippen molar-refractivity contribution >= 4 is 36.6 Å². The Balaban J connectivity index is 1.85.